The average molecular weight is 385 g/mol. The maximum Gasteiger partial charge on any atom is 0.262 e. The van der Waals surface area contributed by atoms with E-state index in [0.29, 0.717) is 12.6 Å². The Kier molecular flexibility index (Phi) is 4.24. The number of carbonyl (C=O) groups is 1. The predicted molar refractivity (Wildman–Crippen MR) is 105 cm³/mol. The zero-order chi connectivity index (χ0) is 18.3. The minimum absolute atomic E-state index is 0.0660. The second kappa shape index (κ2) is 6.76. The molecular weight excluding hydrogens is 362 g/mol. The van der Waals surface area contributed by atoms with E-state index in [-0.39, 0.29) is 11.4 Å². The highest BCUT2D eigenvalue weighted by Gasteiger charge is 2.44. The van der Waals surface area contributed by atoms with Crippen molar-refractivity contribution in [3.05, 3.63) is 28.9 Å². The van der Waals surface area contributed by atoms with Gasteiger partial charge in [-0.25, -0.2) is 9.97 Å². The number of hydrogen-bond donors (Lipinski definition) is 3. The summed E-state index contributed by atoms with van der Waals surface area (Å²) in [7, 11) is 0. The van der Waals surface area contributed by atoms with E-state index in [1.165, 1.54) is 30.6 Å². The summed E-state index contributed by atoms with van der Waals surface area (Å²) in [5, 5.41) is 10.9. The summed E-state index contributed by atoms with van der Waals surface area (Å²) in [5.41, 5.74) is 1.01. The second-order valence-electron chi connectivity index (χ2n) is 7.57. The van der Waals surface area contributed by atoms with E-state index in [0.717, 1.165) is 52.9 Å². The molecule has 1 amide bonds. The van der Waals surface area contributed by atoms with Crippen LogP contribution in [0.3, 0.4) is 0 Å². The van der Waals surface area contributed by atoms with Gasteiger partial charge >= 0.3 is 0 Å². The van der Waals surface area contributed by atoms with Crippen molar-refractivity contribution in [2.24, 2.45) is 0 Å². The number of amides is 1. The van der Waals surface area contributed by atoms with E-state index in [1.807, 2.05) is 6.07 Å². The number of ether oxygens (including phenoxy) is 1. The molecule has 3 N–H and O–H groups in total. The van der Waals surface area contributed by atoms with Crippen LogP contribution in [0, 0.1) is 0 Å². The zero-order valence-corrected chi connectivity index (χ0v) is 15.9. The van der Waals surface area contributed by atoms with Gasteiger partial charge in [0.1, 0.15) is 18.0 Å². The highest BCUT2D eigenvalue weighted by Crippen LogP contribution is 2.47. The topological polar surface area (TPSA) is 88.2 Å². The minimum Gasteiger partial charge on any atom is -0.379 e. The summed E-state index contributed by atoms with van der Waals surface area (Å²) in [6.07, 6.45) is 8.21. The number of anilines is 3. The molecule has 1 atom stereocenters. The standard InChI is InChI=1S/C19H23N5O2S/c25-18-17-13(19(24-18)5-2-1-3-6-19)8-16(27-17)23-15-9-14(20-11-21-15)22-12-4-7-26-10-12/h8-9,11-12H,1-7,10H2,(H,24,25)(H2,20,21,22,23)/t12-/m1/s1. The fraction of sp³-hybridized carbons (Fsp3) is 0.526. The van der Waals surface area contributed by atoms with Crippen LogP contribution in [0.4, 0.5) is 16.6 Å². The van der Waals surface area contributed by atoms with E-state index >= 15 is 0 Å². The maximum absolute atomic E-state index is 12.5. The molecule has 2 aromatic rings. The van der Waals surface area contributed by atoms with Crippen LogP contribution in [0.5, 0.6) is 0 Å². The molecule has 1 saturated heterocycles. The van der Waals surface area contributed by atoms with Gasteiger partial charge in [-0.1, -0.05) is 19.3 Å². The lowest BCUT2D eigenvalue weighted by Gasteiger charge is -2.33. The Bertz CT molecular complexity index is 856. The van der Waals surface area contributed by atoms with E-state index < -0.39 is 0 Å². The van der Waals surface area contributed by atoms with Gasteiger partial charge in [-0.2, -0.15) is 0 Å². The first-order valence-corrected chi connectivity index (χ1v) is 10.4. The third-order valence-electron chi connectivity index (χ3n) is 5.71. The molecule has 142 valence electrons. The number of aromatic nitrogens is 2. The van der Waals surface area contributed by atoms with Gasteiger partial charge in [-0.05, 0) is 25.3 Å². The Balaban J connectivity index is 1.35. The van der Waals surface area contributed by atoms with Crippen LogP contribution >= 0.6 is 11.3 Å². The largest absolute Gasteiger partial charge is 0.379 e. The number of nitrogens with zero attached hydrogens (tertiary/aromatic N) is 2. The number of hydrogen-bond acceptors (Lipinski definition) is 7. The lowest BCUT2D eigenvalue weighted by molar-refractivity contribution is 0.0912. The van der Waals surface area contributed by atoms with Gasteiger partial charge in [0.2, 0.25) is 0 Å². The Morgan fingerprint density at radius 1 is 1.19 bits per heavy atom. The SMILES string of the molecule is O=C1NC2(CCCCC2)c2cc(Nc3cc(N[C@@H]4CCOC4)ncn3)sc21. The van der Waals surface area contributed by atoms with Crippen LogP contribution in [0.25, 0.3) is 0 Å². The van der Waals surface area contributed by atoms with Crippen molar-refractivity contribution in [3.8, 4) is 0 Å². The lowest BCUT2D eigenvalue weighted by Crippen LogP contribution is -2.40. The Hall–Kier alpha value is -2.19. The van der Waals surface area contributed by atoms with Crippen molar-refractivity contribution in [2.75, 3.05) is 23.8 Å². The molecule has 2 aromatic heterocycles. The summed E-state index contributed by atoms with van der Waals surface area (Å²) >= 11 is 1.51. The lowest BCUT2D eigenvalue weighted by atomic mass is 9.78. The third kappa shape index (κ3) is 3.17. The van der Waals surface area contributed by atoms with Gasteiger partial charge < -0.3 is 20.7 Å². The number of carbonyl (C=O) groups excluding carboxylic acids is 1. The van der Waals surface area contributed by atoms with Crippen LogP contribution in [0.1, 0.15) is 53.8 Å². The third-order valence-corrected chi connectivity index (χ3v) is 6.76. The van der Waals surface area contributed by atoms with Crippen LogP contribution < -0.4 is 16.0 Å². The van der Waals surface area contributed by atoms with Gasteiger partial charge in [-0.15, -0.1) is 11.3 Å². The van der Waals surface area contributed by atoms with Gasteiger partial charge in [0.05, 0.1) is 28.1 Å². The highest BCUT2D eigenvalue weighted by molar-refractivity contribution is 7.18. The molecule has 3 aliphatic rings. The summed E-state index contributed by atoms with van der Waals surface area (Å²) in [6.45, 7) is 1.50. The summed E-state index contributed by atoms with van der Waals surface area (Å²) in [4.78, 5) is 21.9. The molecule has 7 nitrogen and oxygen atoms in total. The number of nitrogens with one attached hydrogen (secondary N) is 3. The molecule has 1 spiro atoms. The number of rotatable bonds is 4. The molecule has 0 aromatic carbocycles. The van der Waals surface area contributed by atoms with E-state index in [9.17, 15) is 4.79 Å². The molecule has 5 rings (SSSR count). The Labute approximate surface area is 161 Å². The summed E-state index contributed by atoms with van der Waals surface area (Å²) in [5.74, 6) is 1.58. The minimum atomic E-state index is -0.151. The molecule has 27 heavy (non-hydrogen) atoms. The van der Waals surface area contributed by atoms with E-state index in [4.69, 9.17) is 4.74 Å². The molecule has 4 heterocycles. The van der Waals surface area contributed by atoms with Gasteiger partial charge in [0, 0.05) is 18.2 Å². The van der Waals surface area contributed by atoms with Crippen molar-refractivity contribution >= 4 is 33.9 Å². The summed E-state index contributed by atoms with van der Waals surface area (Å²) in [6, 6.07) is 4.33. The van der Waals surface area contributed by atoms with E-state index in [2.05, 4.69) is 32.0 Å². The van der Waals surface area contributed by atoms with Crippen molar-refractivity contribution in [3.63, 3.8) is 0 Å². The van der Waals surface area contributed by atoms with Crippen LogP contribution in [0.15, 0.2) is 18.5 Å². The maximum atomic E-state index is 12.5. The highest BCUT2D eigenvalue weighted by atomic mass is 32.1. The molecule has 2 fully saturated rings. The fourth-order valence-corrected chi connectivity index (χ4v) is 5.42. The molecule has 0 bridgehead atoms. The van der Waals surface area contributed by atoms with E-state index in [1.54, 1.807) is 6.33 Å². The normalized spacial score (nSPS) is 23.3. The van der Waals surface area contributed by atoms with Gasteiger partial charge in [-0.3, -0.25) is 4.79 Å². The molecular formula is C19H23N5O2S. The molecule has 2 aliphatic heterocycles. The van der Waals surface area contributed by atoms with Crippen molar-refractivity contribution in [2.45, 2.75) is 50.1 Å². The molecule has 0 unspecified atom stereocenters. The predicted octanol–water partition coefficient (Wildman–Crippen LogP) is 3.39. The first-order valence-electron chi connectivity index (χ1n) is 9.62. The Morgan fingerprint density at radius 2 is 2.04 bits per heavy atom. The molecule has 0 radical (unpaired) electrons. The van der Waals surface area contributed by atoms with Gasteiger partial charge in [0.15, 0.2) is 0 Å². The number of thiophene rings is 1. The number of fused-ring (bicyclic) bond motifs is 2. The van der Waals surface area contributed by atoms with Crippen LogP contribution in [0.2, 0.25) is 0 Å². The first kappa shape index (κ1) is 16.9. The fourth-order valence-electron chi connectivity index (χ4n) is 4.36. The van der Waals surface area contributed by atoms with Crippen molar-refractivity contribution in [1.82, 2.24) is 15.3 Å². The Morgan fingerprint density at radius 3 is 2.85 bits per heavy atom. The smallest absolute Gasteiger partial charge is 0.262 e. The quantitative estimate of drug-likeness (QED) is 0.748. The summed E-state index contributed by atoms with van der Waals surface area (Å²) < 4.78 is 5.40. The molecule has 8 heteroatoms. The second-order valence-corrected chi connectivity index (χ2v) is 8.62. The van der Waals surface area contributed by atoms with Gasteiger partial charge in [0.25, 0.3) is 5.91 Å². The van der Waals surface area contributed by atoms with Crippen LogP contribution in [-0.4, -0.2) is 35.1 Å². The first-order chi connectivity index (χ1) is 13.2. The van der Waals surface area contributed by atoms with Crippen molar-refractivity contribution < 1.29 is 9.53 Å². The average Bonchev–Trinajstić information content (AvgIpc) is 3.37. The molecule has 1 saturated carbocycles. The monoisotopic (exact) mass is 385 g/mol. The molecule has 1 aliphatic carbocycles. The van der Waals surface area contributed by atoms with Crippen LogP contribution in [-0.2, 0) is 10.3 Å². The zero-order valence-electron chi connectivity index (χ0n) is 15.1. The van der Waals surface area contributed by atoms with Crippen molar-refractivity contribution in [1.29, 1.82) is 0 Å².